The van der Waals surface area contributed by atoms with E-state index in [9.17, 15) is 23.1 Å². The molecule has 7 rings (SSSR count). The number of amides is 1. The molecule has 1 aromatic carbocycles. The van der Waals surface area contributed by atoms with Gasteiger partial charge in [-0.25, -0.2) is 18.7 Å². The summed E-state index contributed by atoms with van der Waals surface area (Å²) < 4.78 is 47.1. The maximum atomic E-state index is 14.1. The Balaban J connectivity index is 1.11. The first-order valence-electron chi connectivity index (χ1n) is 13.1. The number of nitrogens with one attached hydrogen (secondary N) is 2. The number of piperazine rings is 1. The standard InChI is InChI=1S/C26H28F3N7O3/c27-16-13-15(18(28)19(29)20(16)37)21(38)32-14-25-2-5-26(6-3-25,7-4-25)23-34-22(39-35-23)17-1-8-31-24(33-17)36-11-9-30-10-12-36/h1,8,13,30,37H,2-7,9-12,14H2,(H,32,38). The average molecular weight is 544 g/mol. The smallest absolute Gasteiger partial charge is 0.276 e. The summed E-state index contributed by atoms with van der Waals surface area (Å²) in [5.41, 5.74) is -0.646. The van der Waals surface area contributed by atoms with E-state index in [-0.39, 0.29) is 17.4 Å². The van der Waals surface area contributed by atoms with Crippen LogP contribution in [-0.2, 0) is 5.41 Å². The number of phenols is 1. The Bertz CT molecular complexity index is 1380. The summed E-state index contributed by atoms with van der Waals surface area (Å²) in [5, 5.41) is 19.5. The first-order valence-corrected chi connectivity index (χ1v) is 13.1. The number of carbonyl (C=O) groups excluding carboxylic acids is 1. The van der Waals surface area contributed by atoms with E-state index in [1.165, 1.54) is 0 Å². The summed E-state index contributed by atoms with van der Waals surface area (Å²) in [4.78, 5) is 28.4. The highest BCUT2D eigenvalue weighted by Gasteiger charge is 2.51. The van der Waals surface area contributed by atoms with Gasteiger partial charge in [-0.1, -0.05) is 5.16 Å². The molecular formula is C26H28F3N7O3. The maximum absolute atomic E-state index is 14.1. The van der Waals surface area contributed by atoms with Gasteiger partial charge < -0.3 is 25.2 Å². The van der Waals surface area contributed by atoms with E-state index in [4.69, 9.17) is 9.51 Å². The second-order valence-electron chi connectivity index (χ2n) is 10.7. The number of benzene rings is 1. The first-order chi connectivity index (χ1) is 18.8. The molecule has 10 nitrogen and oxygen atoms in total. The van der Waals surface area contributed by atoms with Crippen LogP contribution in [-0.4, -0.2) is 63.8 Å². The van der Waals surface area contributed by atoms with Gasteiger partial charge in [0.05, 0.1) is 5.56 Å². The van der Waals surface area contributed by atoms with Crippen molar-refractivity contribution in [3.8, 4) is 17.3 Å². The number of rotatable bonds is 6. The van der Waals surface area contributed by atoms with Crippen LogP contribution in [0.4, 0.5) is 19.1 Å². The van der Waals surface area contributed by atoms with Crippen LogP contribution in [0.5, 0.6) is 5.75 Å². The molecule has 0 unspecified atom stereocenters. The van der Waals surface area contributed by atoms with Crippen LogP contribution in [0.3, 0.4) is 0 Å². The Labute approximate surface area is 222 Å². The molecule has 3 aromatic rings. The van der Waals surface area contributed by atoms with Crippen molar-refractivity contribution in [3.05, 3.63) is 47.2 Å². The number of hydrogen-bond acceptors (Lipinski definition) is 9. The lowest BCUT2D eigenvalue weighted by molar-refractivity contribution is 0.0334. The summed E-state index contributed by atoms with van der Waals surface area (Å²) in [5.74, 6) is -5.48. The fourth-order valence-corrected chi connectivity index (χ4v) is 6.01. The van der Waals surface area contributed by atoms with Crippen molar-refractivity contribution in [2.45, 2.75) is 43.9 Å². The van der Waals surface area contributed by atoms with E-state index in [1.807, 2.05) is 0 Å². The van der Waals surface area contributed by atoms with Gasteiger partial charge in [0.2, 0.25) is 11.8 Å². The molecule has 3 aliphatic carbocycles. The van der Waals surface area contributed by atoms with Gasteiger partial charge in [-0.2, -0.15) is 9.37 Å². The Morgan fingerprint density at radius 1 is 1.08 bits per heavy atom. The molecule has 39 heavy (non-hydrogen) atoms. The normalized spacial score (nSPS) is 24.6. The molecule has 1 saturated heterocycles. The molecule has 3 N–H and O–H groups in total. The maximum Gasteiger partial charge on any atom is 0.276 e. The predicted molar refractivity (Wildman–Crippen MR) is 133 cm³/mol. The fourth-order valence-electron chi connectivity index (χ4n) is 6.01. The third kappa shape index (κ3) is 4.58. The summed E-state index contributed by atoms with van der Waals surface area (Å²) in [6, 6.07) is 2.26. The number of anilines is 1. The van der Waals surface area contributed by atoms with Crippen molar-refractivity contribution in [2.75, 3.05) is 37.6 Å². The summed E-state index contributed by atoms with van der Waals surface area (Å²) in [6.45, 7) is 3.63. The van der Waals surface area contributed by atoms with E-state index >= 15 is 0 Å². The zero-order valence-corrected chi connectivity index (χ0v) is 21.1. The highest BCUT2D eigenvalue weighted by molar-refractivity contribution is 5.94. The molecule has 4 fully saturated rings. The van der Waals surface area contributed by atoms with Gasteiger partial charge in [-0.3, -0.25) is 4.79 Å². The third-order valence-electron chi connectivity index (χ3n) is 8.57. The van der Waals surface area contributed by atoms with E-state index in [2.05, 4.69) is 30.7 Å². The van der Waals surface area contributed by atoms with E-state index in [0.29, 0.717) is 29.4 Å². The molecule has 1 amide bonds. The highest BCUT2D eigenvalue weighted by atomic mass is 19.2. The monoisotopic (exact) mass is 543 g/mol. The van der Waals surface area contributed by atoms with Crippen LogP contribution in [0.1, 0.15) is 54.7 Å². The van der Waals surface area contributed by atoms with E-state index in [0.717, 1.165) is 64.7 Å². The lowest BCUT2D eigenvalue weighted by Gasteiger charge is -2.52. The van der Waals surface area contributed by atoms with Crippen molar-refractivity contribution >= 4 is 11.9 Å². The number of carbonyl (C=O) groups is 1. The second kappa shape index (κ2) is 9.78. The molecule has 13 heteroatoms. The van der Waals surface area contributed by atoms with Crippen LogP contribution in [0.2, 0.25) is 0 Å². The van der Waals surface area contributed by atoms with E-state index < -0.39 is 34.7 Å². The Morgan fingerprint density at radius 2 is 1.79 bits per heavy atom. The van der Waals surface area contributed by atoms with Crippen molar-refractivity contribution in [3.63, 3.8) is 0 Å². The van der Waals surface area contributed by atoms with Crippen molar-refractivity contribution in [1.29, 1.82) is 0 Å². The van der Waals surface area contributed by atoms with Gasteiger partial charge in [0.25, 0.3) is 11.8 Å². The minimum absolute atomic E-state index is 0.209. The Kier molecular flexibility index (Phi) is 6.40. The molecule has 0 atom stereocenters. The van der Waals surface area contributed by atoms with Gasteiger partial charge in [-0.15, -0.1) is 0 Å². The summed E-state index contributed by atoms with van der Waals surface area (Å²) in [6.07, 6.45) is 6.38. The molecule has 2 aromatic heterocycles. The highest BCUT2D eigenvalue weighted by Crippen LogP contribution is 2.57. The average Bonchev–Trinajstić information content (AvgIpc) is 3.50. The second-order valence-corrected chi connectivity index (χ2v) is 10.7. The quantitative estimate of drug-likeness (QED) is 0.402. The molecule has 1 aliphatic heterocycles. The molecular weight excluding hydrogens is 515 g/mol. The predicted octanol–water partition coefficient (Wildman–Crippen LogP) is 3.08. The van der Waals surface area contributed by atoms with Crippen molar-refractivity contribution < 1.29 is 27.6 Å². The molecule has 0 spiro atoms. The zero-order chi connectivity index (χ0) is 27.2. The van der Waals surface area contributed by atoms with E-state index in [1.54, 1.807) is 12.3 Å². The molecule has 2 bridgehead atoms. The van der Waals surface area contributed by atoms with Crippen LogP contribution < -0.4 is 15.5 Å². The number of nitrogens with zero attached hydrogens (tertiary/aromatic N) is 5. The topological polar surface area (TPSA) is 129 Å². The minimum atomic E-state index is -1.78. The molecule has 4 aliphatic rings. The third-order valence-corrected chi connectivity index (χ3v) is 8.57. The Hall–Kier alpha value is -3.74. The van der Waals surface area contributed by atoms with Gasteiger partial charge >= 0.3 is 0 Å². The molecule has 206 valence electrons. The van der Waals surface area contributed by atoms with Crippen LogP contribution in [0.15, 0.2) is 22.9 Å². The van der Waals surface area contributed by atoms with Crippen LogP contribution in [0, 0.1) is 22.9 Å². The van der Waals surface area contributed by atoms with Gasteiger partial charge in [-0.05, 0) is 56.1 Å². The number of aromatic nitrogens is 4. The van der Waals surface area contributed by atoms with Crippen LogP contribution >= 0.6 is 0 Å². The summed E-state index contributed by atoms with van der Waals surface area (Å²) >= 11 is 0. The zero-order valence-electron chi connectivity index (χ0n) is 21.1. The molecule has 3 heterocycles. The largest absolute Gasteiger partial charge is 0.503 e. The molecule has 3 saturated carbocycles. The SMILES string of the molecule is O=C(NCC12CCC(c3noc(-c4ccnc(N5CCNCC5)n4)n3)(CC1)CC2)c1cc(F)c(O)c(F)c1F. The fraction of sp³-hybridized carbons (Fsp3) is 0.500. The number of halogens is 3. The number of fused-ring (bicyclic) bond motifs is 3. The van der Waals surface area contributed by atoms with Gasteiger partial charge in [0.1, 0.15) is 5.69 Å². The molecule has 0 radical (unpaired) electrons. The van der Waals surface area contributed by atoms with Crippen LogP contribution in [0.25, 0.3) is 11.6 Å². The van der Waals surface area contributed by atoms with Crippen molar-refractivity contribution in [2.24, 2.45) is 5.41 Å². The number of phenolic OH excluding ortho intramolecular Hbond substituents is 1. The minimum Gasteiger partial charge on any atom is -0.503 e. The summed E-state index contributed by atoms with van der Waals surface area (Å²) in [7, 11) is 0. The van der Waals surface area contributed by atoms with Gasteiger partial charge in [0, 0.05) is 44.3 Å². The lowest BCUT2D eigenvalue weighted by Crippen LogP contribution is -2.49. The first kappa shape index (κ1) is 25.5. The number of aromatic hydroxyl groups is 1. The Morgan fingerprint density at radius 3 is 2.51 bits per heavy atom. The number of hydrogen-bond donors (Lipinski definition) is 3. The van der Waals surface area contributed by atoms with Gasteiger partial charge in [0.15, 0.2) is 23.2 Å². The van der Waals surface area contributed by atoms with Crippen molar-refractivity contribution in [1.82, 2.24) is 30.7 Å². The lowest BCUT2D eigenvalue weighted by atomic mass is 9.53.